The Morgan fingerprint density at radius 3 is 2.33 bits per heavy atom. The van der Waals surface area contributed by atoms with E-state index in [1.807, 2.05) is 62.5 Å². The van der Waals surface area contributed by atoms with Gasteiger partial charge in [-0.3, -0.25) is 14.6 Å². The van der Waals surface area contributed by atoms with Crippen molar-refractivity contribution < 1.29 is 28.7 Å². The second-order valence-corrected chi connectivity index (χ2v) is 16.5. The number of aromatic amines is 2. The molecule has 0 bridgehead atoms. The summed E-state index contributed by atoms with van der Waals surface area (Å²) in [4.78, 5) is 79.4. The topological polar surface area (TPSA) is 202 Å². The number of amides is 3. The third-order valence-electron chi connectivity index (χ3n) is 12.4. The minimum absolute atomic E-state index is 0.0819. The van der Waals surface area contributed by atoms with Crippen molar-refractivity contribution in [3.63, 3.8) is 0 Å². The van der Waals surface area contributed by atoms with E-state index in [0.717, 1.165) is 81.1 Å². The van der Waals surface area contributed by atoms with Gasteiger partial charge in [0.25, 0.3) is 0 Å². The summed E-state index contributed by atoms with van der Waals surface area (Å²) < 4.78 is 11.8. The molecule has 0 spiro atoms. The number of nitrogens with zero attached hydrogens (tertiary/aromatic N) is 6. The lowest BCUT2D eigenvalue weighted by Crippen LogP contribution is -2.51. The number of ether oxygens (including phenoxy) is 2. The fourth-order valence-corrected chi connectivity index (χ4v) is 9.22. The number of hydrogen-bond donors (Lipinski definition) is 4. The number of alkyl carbamates (subject to hydrolysis) is 2. The number of carbonyl (C=O) groups is 4. The first kappa shape index (κ1) is 39.6. The van der Waals surface area contributed by atoms with E-state index in [9.17, 15) is 19.2 Å². The van der Waals surface area contributed by atoms with Crippen molar-refractivity contribution in [2.45, 2.75) is 82.5 Å². The molecule has 2 aliphatic heterocycles. The van der Waals surface area contributed by atoms with Crippen LogP contribution < -0.4 is 10.6 Å². The summed E-state index contributed by atoms with van der Waals surface area (Å²) in [6.45, 7) is 4.98. The van der Waals surface area contributed by atoms with Gasteiger partial charge < -0.3 is 39.5 Å². The fourth-order valence-electron chi connectivity index (χ4n) is 9.22. The smallest absolute Gasteiger partial charge is 0.407 e. The highest BCUT2D eigenvalue weighted by molar-refractivity contribution is 5.89. The largest absolute Gasteiger partial charge is 0.453 e. The Labute approximate surface area is 351 Å². The van der Waals surface area contributed by atoms with E-state index in [4.69, 9.17) is 24.4 Å². The highest BCUT2D eigenvalue weighted by atomic mass is 16.5. The van der Waals surface area contributed by atoms with E-state index in [0.29, 0.717) is 31.8 Å². The Hall–Kier alpha value is -6.84. The Kier molecular flexibility index (Phi) is 10.6. The minimum Gasteiger partial charge on any atom is -0.453 e. The molecule has 16 nitrogen and oxygen atoms in total. The first-order valence-electron chi connectivity index (χ1n) is 20.8. The van der Waals surface area contributed by atoms with Crippen molar-refractivity contribution in [3.8, 4) is 33.8 Å². The van der Waals surface area contributed by atoms with Crippen LogP contribution in [0.1, 0.15) is 80.3 Å². The zero-order valence-electron chi connectivity index (χ0n) is 34.5. The third kappa shape index (κ3) is 7.62. The van der Waals surface area contributed by atoms with Crippen molar-refractivity contribution in [1.29, 1.82) is 0 Å². The first-order valence-corrected chi connectivity index (χ1v) is 20.8. The molecule has 5 atom stereocenters. The number of fused-ring (bicyclic) bond motifs is 1. The quantitative estimate of drug-likeness (QED) is 0.126. The number of nitrogens with one attached hydrogen (secondary N) is 4. The molecule has 9 rings (SSSR count). The molecule has 4 aromatic heterocycles. The predicted molar refractivity (Wildman–Crippen MR) is 225 cm³/mol. The van der Waals surface area contributed by atoms with Crippen LogP contribution in [-0.4, -0.2) is 96.1 Å². The van der Waals surface area contributed by atoms with Gasteiger partial charge in [0.2, 0.25) is 5.91 Å². The fraction of sp³-hybridized carbons (Fsp3) is 0.378. The lowest BCUT2D eigenvalue weighted by Gasteiger charge is -2.31. The summed E-state index contributed by atoms with van der Waals surface area (Å²) in [6, 6.07) is 14.8. The number of benzene rings is 2. The van der Waals surface area contributed by atoms with E-state index in [1.165, 1.54) is 14.2 Å². The van der Waals surface area contributed by atoms with Gasteiger partial charge in [-0.25, -0.2) is 24.5 Å². The van der Waals surface area contributed by atoms with E-state index in [-0.39, 0.29) is 35.6 Å². The van der Waals surface area contributed by atoms with E-state index < -0.39 is 24.1 Å². The van der Waals surface area contributed by atoms with Gasteiger partial charge in [0.15, 0.2) is 0 Å². The van der Waals surface area contributed by atoms with E-state index in [1.54, 1.807) is 23.5 Å². The number of rotatable bonds is 9. The second-order valence-electron chi connectivity index (χ2n) is 16.5. The number of H-pyrrole nitrogens is 2. The molecule has 0 radical (unpaired) electrons. The summed E-state index contributed by atoms with van der Waals surface area (Å²) >= 11 is 0. The number of carbonyl (C=O) groups excluding carboxylic acids is 4. The standard InChI is InChI=1S/C45H48N10O6/c1-24(2)39(53-45(59)61-4)43(57)55-16-5-6-36(55)42-48-21-34(51-42)26-9-7-25(8-10-26)33-20-46-32-18-28(12-13-30(32)49-33)35-22-47-41(50-35)29-19-37(56)38-31(52-44(58)60-3)14-11-27-15-17-54(23-29)40(27)38/h7-10,12-13,15,17-18,20-22,24,29,31,36,38-39H,5-6,11,14,16,19,23H2,1-4H3,(H,47,50)(H,48,51)(H,52,58)(H,53,59)/t29-,31-,36-,38?,39-/m0/s1. The molecule has 1 unspecified atom stereocenters. The normalized spacial score (nSPS) is 20.3. The van der Waals surface area contributed by atoms with Crippen LogP contribution in [0.2, 0.25) is 0 Å². The minimum atomic E-state index is -0.698. The van der Waals surface area contributed by atoms with Crippen LogP contribution in [0.3, 0.4) is 0 Å². The van der Waals surface area contributed by atoms with Gasteiger partial charge in [-0.1, -0.05) is 44.2 Å². The van der Waals surface area contributed by atoms with Gasteiger partial charge in [0.05, 0.1) is 72.9 Å². The summed E-state index contributed by atoms with van der Waals surface area (Å²) in [6.07, 6.45) is 9.61. The van der Waals surface area contributed by atoms with Crippen LogP contribution in [0.25, 0.3) is 44.8 Å². The van der Waals surface area contributed by atoms with Crippen LogP contribution in [-0.2, 0) is 32.0 Å². The van der Waals surface area contributed by atoms with Crippen LogP contribution in [0.15, 0.2) is 73.3 Å². The highest BCUT2D eigenvalue weighted by Crippen LogP contribution is 2.40. The molecule has 6 aromatic rings. The van der Waals surface area contributed by atoms with Crippen LogP contribution in [0, 0.1) is 5.92 Å². The van der Waals surface area contributed by atoms with Crippen molar-refractivity contribution in [2.24, 2.45) is 5.92 Å². The van der Waals surface area contributed by atoms with Crippen molar-refractivity contribution in [2.75, 3.05) is 20.8 Å². The maximum absolute atomic E-state index is 13.8. The number of imidazole rings is 2. The lowest BCUT2D eigenvalue weighted by atomic mass is 9.79. The molecule has 314 valence electrons. The van der Waals surface area contributed by atoms with Crippen molar-refractivity contribution in [3.05, 3.63) is 96.2 Å². The van der Waals surface area contributed by atoms with E-state index >= 15 is 0 Å². The molecule has 0 saturated carbocycles. The Morgan fingerprint density at radius 1 is 0.836 bits per heavy atom. The molecule has 1 aliphatic carbocycles. The number of likely N-dealkylation sites (tertiary alicyclic amines) is 1. The van der Waals surface area contributed by atoms with Crippen LogP contribution in [0.4, 0.5) is 9.59 Å². The van der Waals surface area contributed by atoms with Gasteiger partial charge in [0.1, 0.15) is 23.5 Å². The molecule has 1 saturated heterocycles. The van der Waals surface area contributed by atoms with Crippen molar-refractivity contribution >= 4 is 34.9 Å². The molecule has 4 N–H and O–H groups in total. The SMILES string of the molecule is COC(=O)N[C@H]1CCc2ccn3c2C1C(=O)C[C@H](c1ncc(-c2ccc4nc(-c5ccc(-c6cnc([C@@H]7CCCN7C(=O)[C@@H](NC(=O)OC)C(C)C)[nH]6)cc5)cnc4c2)[nH]1)C3. The summed E-state index contributed by atoms with van der Waals surface area (Å²) in [5, 5.41) is 5.60. The number of hydrogen-bond acceptors (Lipinski definition) is 10. The second kappa shape index (κ2) is 16.3. The van der Waals surface area contributed by atoms with E-state index in [2.05, 4.69) is 36.2 Å². The Bertz CT molecular complexity index is 2630. The molecule has 1 fully saturated rings. The van der Waals surface area contributed by atoms with Crippen molar-refractivity contribution in [1.82, 2.24) is 50.0 Å². The van der Waals surface area contributed by atoms with Crippen LogP contribution in [0.5, 0.6) is 0 Å². The van der Waals surface area contributed by atoms with Gasteiger partial charge in [-0.2, -0.15) is 0 Å². The zero-order valence-corrected chi connectivity index (χ0v) is 34.5. The van der Waals surface area contributed by atoms with Gasteiger partial charge >= 0.3 is 12.2 Å². The Morgan fingerprint density at radius 2 is 1.56 bits per heavy atom. The maximum atomic E-state index is 13.8. The molecule has 16 heteroatoms. The zero-order chi connectivity index (χ0) is 42.4. The maximum Gasteiger partial charge on any atom is 0.407 e. The molecule has 3 amide bonds. The molecule has 3 aliphatic rings. The first-order chi connectivity index (χ1) is 29.6. The molecular weight excluding hydrogens is 777 g/mol. The van der Waals surface area contributed by atoms with Gasteiger partial charge in [-0.15, -0.1) is 0 Å². The highest BCUT2D eigenvalue weighted by Gasteiger charge is 2.42. The summed E-state index contributed by atoms with van der Waals surface area (Å²) in [5.41, 5.74) is 8.75. The van der Waals surface area contributed by atoms with Crippen LogP contribution >= 0.6 is 0 Å². The summed E-state index contributed by atoms with van der Waals surface area (Å²) in [5.74, 6) is 0.664. The third-order valence-corrected chi connectivity index (χ3v) is 12.4. The average Bonchev–Trinajstić information content (AvgIpc) is 4.11. The number of aromatic nitrogens is 7. The molecule has 2 aromatic carbocycles. The Balaban J connectivity index is 0.878. The number of Topliss-reactive ketones (excluding diaryl/α,β-unsaturated/α-hetero) is 1. The predicted octanol–water partition coefficient (Wildman–Crippen LogP) is 6.43. The number of methoxy groups -OCH3 is 2. The molecular formula is C45H48N10O6. The van der Waals surface area contributed by atoms with Gasteiger partial charge in [-0.05, 0) is 60.9 Å². The monoisotopic (exact) mass is 824 g/mol. The number of ketones is 1. The number of aryl methyl sites for hydroxylation is 1. The summed E-state index contributed by atoms with van der Waals surface area (Å²) in [7, 11) is 2.62. The average molecular weight is 825 g/mol. The van der Waals surface area contributed by atoms with Gasteiger partial charge in [0, 0.05) is 54.5 Å². The molecule has 6 heterocycles. The molecule has 61 heavy (non-hydrogen) atoms. The lowest BCUT2D eigenvalue weighted by molar-refractivity contribution is -0.135.